The fraction of sp³-hybridized carbons (Fsp3) is 0.235. The summed E-state index contributed by atoms with van der Waals surface area (Å²) in [5, 5.41) is 2.84. The monoisotopic (exact) mass is 297 g/mol. The van der Waals surface area contributed by atoms with Crippen molar-refractivity contribution in [1.29, 1.82) is 0 Å². The van der Waals surface area contributed by atoms with Gasteiger partial charge in [0.1, 0.15) is 0 Å². The molecule has 0 spiro atoms. The summed E-state index contributed by atoms with van der Waals surface area (Å²) in [5.41, 5.74) is 3.34. The molecule has 1 aromatic heterocycles. The summed E-state index contributed by atoms with van der Waals surface area (Å²) < 4.78 is 0. The van der Waals surface area contributed by atoms with Crippen LogP contribution in [0.25, 0.3) is 0 Å². The van der Waals surface area contributed by atoms with E-state index in [1.807, 2.05) is 32.0 Å². The lowest BCUT2D eigenvalue weighted by atomic mass is 10.1. The van der Waals surface area contributed by atoms with Crippen LogP contribution in [0.5, 0.6) is 0 Å². The van der Waals surface area contributed by atoms with Gasteiger partial charge < -0.3 is 10.2 Å². The summed E-state index contributed by atoms with van der Waals surface area (Å²) in [6.45, 7) is 3.89. The molecule has 22 heavy (non-hydrogen) atoms. The molecule has 0 fully saturated rings. The van der Waals surface area contributed by atoms with Crippen LogP contribution in [0.2, 0.25) is 0 Å². The lowest BCUT2D eigenvalue weighted by molar-refractivity contribution is -0.116. The molecule has 0 aliphatic rings. The molecule has 5 heteroatoms. The van der Waals surface area contributed by atoms with Crippen LogP contribution in [0.4, 0.5) is 5.69 Å². The summed E-state index contributed by atoms with van der Waals surface area (Å²) in [5.74, 6) is -0.433. The molecule has 5 nitrogen and oxygen atoms in total. The predicted molar refractivity (Wildman–Crippen MR) is 85.7 cm³/mol. The zero-order valence-electron chi connectivity index (χ0n) is 13.0. The minimum atomic E-state index is -0.224. The number of nitrogens with zero attached hydrogens (tertiary/aromatic N) is 2. The highest BCUT2D eigenvalue weighted by atomic mass is 16.2. The number of benzene rings is 1. The third-order valence-electron chi connectivity index (χ3n) is 3.32. The number of anilines is 1. The Hall–Kier alpha value is -2.69. The normalized spacial score (nSPS) is 10.1. The molecule has 2 amide bonds. The van der Waals surface area contributed by atoms with E-state index in [1.54, 1.807) is 31.6 Å². The number of rotatable bonds is 4. The largest absolute Gasteiger partial charge is 0.332 e. The lowest BCUT2D eigenvalue weighted by Gasteiger charge is -2.17. The zero-order valence-corrected chi connectivity index (χ0v) is 13.0. The first-order valence-electron chi connectivity index (χ1n) is 7.00. The van der Waals surface area contributed by atoms with Crippen LogP contribution >= 0.6 is 0 Å². The number of aryl methyl sites for hydroxylation is 2. The molecule has 0 atom stereocenters. The van der Waals surface area contributed by atoms with E-state index in [9.17, 15) is 9.59 Å². The number of pyridine rings is 1. The zero-order chi connectivity index (χ0) is 16.1. The highest BCUT2D eigenvalue weighted by Gasteiger charge is 2.15. The Bertz CT molecular complexity index is 684. The van der Waals surface area contributed by atoms with E-state index in [2.05, 4.69) is 10.3 Å². The number of amides is 2. The van der Waals surface area contributed by atoms with Crippen molar-refractivity contribution in [3.8, 4) is 0 Å². The average molecular weight is 297 g/mol. The smallest absolute Gasteiger partial charge is 0.254 e. The second-order valence-corrected chi connectivity index (χ2v) is 5.26. The summed E-state index contributed by atoms with van der Waals surface area (Å²) in [7, 11) is 1.60. The summed E-state index contributed by atoms with van der Waals surface area (Å²) in [4.78, 5) is 29.5. The van der Waals surface area contributed by atoms with Crippen molar-refractivity contribution in [2.75, 3.05) is 18.9 Å². The highest BCUT2D eigenvalue weighted by molar-refractivity contribution is 5.99. The van der Waals surface area contributed by atoms with Gasteiger partial charge in [-0.05, 0) is 43.2 Å². The third kappa shape index (κ3) is 3.91. The van der Waals surface area contributed by atoms with Crippen LogP contribution in [0.15, 0.2) is 42.7 Å². The van der Waals surface area contributed by atoms with Gasteiger partial charge in [-0.15, -0.1) is 0 Å². The van der Waals surface area contributed by atoms with E-state index in [4.69, 9.17) is 0 Å². The van der Waals surface area contributed by atoms with Crippen molar-refractivity contribution < 1.29 is 9.59 Å². The van der Waals surface area contributed by atoms with Crippen molar-refractivity contribution in [2.24, 2.45) is 0 Å². The van der Waals surface area contributed by atoms with Gasteiger partial charge in [0, 0.05) is 30.7 Å². The molecule has 1 heterocycles. The molecule has 0 bridgehead atoms. The number of likely N-dealkylation sites (N-methyl/N-ethyl adjacent to an activating group) is 1. The van der Waals surface area contributed by atoms with Crippen LogP contribution in [0.3, 0.4) is 0 Å². The number of carbonyl (C=O) groups is 2. The maximum absolute atomic E-state index is 12.2. The highest BCUT2D eigenvalue weighted by Crippen LogP contribution is 2.16. The van der Waals surface area contributed by atoms with Crippen molar-refractivity contribution >= 4 is 17.5 Å². The first kappa shape index (κ1) is 15.7. The summed E-state index contributed by atoms with van der Waals surface area (Å²) >= 11 is 0. The molecule has 1 N–H and O–H groups in total. The molecule has 0 saturated heterocycles. The van der Waals surface area contributed by atoms with Crippen LogP contribution in [0, 0.1) is 13.8 Å². The van der Waals surface area contributed by atoms with Gasteiger partial charge in [0.25, 0.3) is 5.91 Å². The van der Waals surface area contributed by atoms with E-state index in [1.165, 1.54) is 4.90 Å². The van der Waals surface area contributed by atoms with Crippen LogP contribution < -0.4 is 5.32 Å². The molecule has 114 valence electrons. The Labute approximate surface area is 130 Å². The first-order valence-corrected chi connectivity index (χ1v) is 7.00. The molecule has 2 rings (SSSR count). The van der Waals surface area contributed by atoms with Crippen molar-refractivity contribution in [2.45, 2.75) is 13.8 Å². The number of hydrogen-bond donors (Lipinski definition) is 1. The Morgan fingerprint density at radius 1 is 1.14 bits per heavy atom. The minimum Gasteiger partial charge on any atom is -0.332 e. The molecular weight excluding hydrogens is 278 g/mol. The standard InChI is InChI=1S/C17H19N3O2/c1-12-4-5-13(2)15(10-12)19-16(21)11-20(3)17(22)14-6-8-18-9-7-14/h4-10H,11H2,1-3H3,(H,19,21). The van der Waals surface area contributed by atoms with Gasteiger partial charge in [-0.3, -0.25) is 14.6 Å². The van der Waals surface area contributed by atoms with Gasteiger partial charge in [-0.1, -0.05) is 12.1 Å². The van der Waals surface area contributed by atoms with Crippen LogP contribution in [-0.4, -0.2) is 35.3 Å². The topological polar surface area (TPSA) is 62.3 Å². The predicted octanol–water partition coefficient (Wildman–Crippen LogP) is 2.41. The second kappa shape index (κ2) is 6.85. The maximum atomic E-state index is 12.2. The molecule has 0 aliphatic carbocycles. The average Bonchev–Trinajstić information content (AvgIpc) is 2.51. The minimum absolute atomic E-state index is 0.00542. The van der Waals surface area contributed by atoms with E-state index >= 15 is 0 Å². The molecule has 0 radical (unpaired) electrons. The van der Waals surface area contributed by atoms with Gasteiger partial charge in [-0.25, -0.2) is 0 Å². The fourth-order valence-corrected chi connectivity index (χ4v) is 2.06. The van der Waals surface area contributed by atoms with Crippen molar-refractivity contribution in [1.82, 2.24) is 9.88 Å². The summed E-state index contributed by atoms with van der Waals surface area (Å²) in [6, 6.07) is 9.11. The van der Waals surface area contributed by atoms with E-state index in [0.717, 1.165) is 16.8 Å². The molecular formula is C17H19N3O2. The Balaban J connectivity index is 2.00. The van der Waals surface area contributed by atoms with Crippen LogP contribution in [-0.2, 0) is 4.79 Å². The number of carbonyl (C=O) groups excluding carboxylic acids is 2. The van der Waals surface area contributed by atoms with Gasteiger partial charge >= 0.3 is 0 Å². The third-order valence-corrected chi connectivity index (χ3v) is 3.32. The number of nitrogens with one attached hydrogen (secondary N) is 1. The quantitative estimate of drug-likeness (QED) is 0.942. The van der Waals surface area contributed by atoms with E-state index in [0.29, 0.717) is 5.56 Å². The van der Waals surface area contributed by atoms with Crippen LogP contribution in [0.1, 0.15) is 21.5 Å². The Morgan fingerprint density at radius 3 is 2.50 bits per heavy atom. The number of aromatic nitrogens is 1. The van der Waals surface area contributed by atoms with E-state index < -0.39 is 0 Å². The number of hydrogen-bond acceptors (Lipinski definition) is 3. The first-order chi connectivity index (χ1) is 10.5. The fourth-order valence-electron chi connectivity index (χ4n) is 2.06. The van der Waals surface area contributed by atoms with E-state index in [-0.39, 0.29) is 18.4 Å². The maximum Gasteiger partial charge on any atom is 0.254 e. The molecule has 1 aromatic carbocycles. The Kier molecular flexibility index (Phi) is 4.88. The van der Waals surface area contributed by atoms with Crippen molar-refractivity contribution in [3.05, 3.63) is 59.4 Å². The second-order valence-electron chi connectivity index (χ2n) is 5.26. The van der Waals surface area contributed by atoms with Gasteiger partial charge in [0.2, 0.25) is 5.91 Å². The SMILES string of the molecule is Cc1ccc(C)c(NC(=O)CN(C)C(=O)c2ccncc2)c1. The lowest BCUT2D eigenvalue weighted by Crippen LogP contribution is -2.35. The molecule has 0 saturated carbocycles. The summed E-state index contributed by atoms with van der Waals surface area (Å²) in [6.07, 6.45) is 3.11. The van der Waals surface area contributed by atoms with Gasteiger partial charge in [0.05, 0.1) is 6.54 Å². The van der Waals surface area contributed by atoms with Crippen molar-refractivity contribution in [3.63, 3.8) is 0 Å². The van der Waals surface area contributed by atoms with Gasteiger partial charge in [-0.2, -0.15) is 0 Å². The molecule has 2 aromatic rings. The van der Waals surface area contributed by atoms with Gasteiger partial charge in [0.15, 0.2) is 0 Å². The molecule has 0 aliphatic heterocycles. The molecule has 0 unspecified atom stereocenters. The Morgan fingerprint density at radius 2 is 1.82 bits per heavy atom.